The van der Waals surface area contributed by atoms with Crippen molar-refractivity contribution in [3.05, 3.63) is 129 Å². The number of aromatic nitrogens is 2. The van der Waals surface area contributed by atoms with Crippen LogP contribution in [-0.4, -0.2) is 15.6 Å². The van der Waals surface area contributed by atoms with Gasteiger partial charge in [0.15, 0.2) is 5.78 Å². The summed E-state index contributed by atoms with van der Waals surface area (Å²) >= 11 is 0. The van der Waals surface area contributed by atoms with Crippen LogP contribution < -0.4 is 10.9 Å². The second-order valence-electron chi connectivity index (χ2n) is 8.68. The second kappa shape index (κ2) is 7.78. The van der Waals surface area contributed by atoms with E-state index in [0.29, 0.717) is 17.8 Å². The molecule has 2 aliphatic rings. The lowest BCUT2D eigenvalue weighted by Gasteiger charge is -2.34. The van der Waals surface area contributed by atoms with Gasteiger partial charge in [-0.25, -0.2) is 4.68 Å². The van der Waals surface area contributed by atoms with Crippen LogP contribution in [0.5, 0.6) is 0 Å². The number of hydrogen-bond acceptors (Lipinski definition) is 3. The Kier molecular flexibility index (Phi) is 4.61. The molecule has 0 fully saturated rings. The van der Waals surface area contributed by atoms with Gasteiger partial charge in [-0.1, -0.05) is 78.9 Å². The summed E-state index contributed by atoms with van der Waals surface area (Å²) in [6.07, 6.45) is 1.17. The standard InChI is InChI=1S/C28H23N3O2/c32-23-17-20(18-10-4-1-5-11-18)16-22-25(23)24(19-12-6-2-7-13-19)26-27(29-22)30-31(28(26)33)21-14-8-3-9-15-21/h1-15,20,24,29-30H,16-17H2/t20-,24+/m0/s1. The van der Waals surface area contributed by atoms with Crippen LogP contribution in [0.1, 0.15) is 41.4 Å². The second-order valence-corrected chi connectivity index (χ2v) is 8.68. The summed E-state index contributed by atoms with van der Waals surface area (Å²) in [7, 11) is 0. The fourth-order valence-corrected chi connectivity index (χ4v) is 5.19. The number of carbonyl (C=O) groups excluding carboxylic acids is 1. The van der Waals surface area contributed by atoms with Crippen molar-refractivity contribution in [3.8, 4) is 5.69 Å². The number of allylic oxidation sites excluding steroid dienone is 2. The number of aromatic amines is 1. The molecule has 4 aromatic rings. The Morgan fingerprint density at radius 1 is 0.727 bits per heavy atom. The highest BCUT2D eigenvalue weighted by Gasteiger charge is 2.41. The van der Waals surface area contributed by atoms with Crippen LogP contribution in [0.15, 0.2) is 107 Å². The molecule has 0 radical (unpaired) electrons. The Morgan fingerprint density at radius 3 is 2.00 bits per heavy atom. The fraction of sp³-hybridized carbons (Fsp3) is 0.143. The van der Waals surface area contributed by atoms with Crippen molar-refractivity contribution in [1.82, 2.24) is 9.78 Å². The molecule has 6 rings (SSSR count). The van der Waals surface area contributed by atoms with Gasteiger partial charge in [0.2, 0.25) is 0 Å². The molecular weight excluding hydrogens is 410 g/mol. The third-order valence-corrected chi connectivity index (χ3v) is 6.71. The highest BCUT2D eigenvalue weighted by atomic mass is 16.1. The zero-order chi connectivity index (χ0) is 22.4. The first-order valence-corrected chi connectivity index (χ1v) is 11.2. The molecule has 0 unspecified atom stereocenters. The van der Waals surface area contributed by atoms with Crippen LogP contribution in [0.25, 0.3) is 5.69 Å². The first-order valence-electron chi connectivity index (χ1n) is 11.2. The van der Waals surface area contributed by atoms with E-state index in [9.17, 15) is 9.59 Å². The van der Waals surface area contributed by atoms with Crippen molar-refractivity contribution in [2.75, 3.05) is 5.32 Å². The largest absolute Gasteiger partial charge is 0.343 e. The van der Waals surface area contributed by atoms with E-state index in [4.69, 9.17) is 0 Å². The van der Waals surface area contributed by atoms with Gasteiger partial charge in [-0.3, -0.25) is 14.7 Å². The number of nitrogens with one attached hydrogen (secondary N) is 2. The lowest BCUT2D eigenvalue weighted by Crippen LogP contribution is -2.32. The van der Waals surface area contributed by atoms with Gasteiger partial charge in [0.25, 0.3) is 5.56 Å². The quantitative estimate of drug-likeness (QED) is 0.471. The third kappa shape index (κ3) is 3.24. The number of para-hydroxylation sites is 1. The summed E-state index contributed by atoms with van der Waals surface area (Å²) in [4.78, 5) is 27.2. The van der Waals surface area contributed by atoms with Gasteiger partial charge in [0.1, 0.15) is 5.82 Å². The van der Waals surface area contributed by atoms with Crippen molar-refractivity contribution < 1.29 is 4.79 Å². The molecule has 162 valence electrons. The topological polar surface area (TPSA) is 66.9 Å². The minimum absolute atomic E-state index is 0.101. The maximum absolute atomic E-state index is 13.6. The predicted octanol–water partition coefficient (Wildman–Crippen LogP) is 5.12. The van der Waals surface area contributed by atoms with Crippen molar-refractivity contribution in [2.24, 2.45) is 0 Å². The number of nitrogens with zero attached hydrogens (tertiary/aromatic N) is 1. The van der Waals surface area contributed by atoms with E-state index in [1.807, 2.05) is 78.9 Å². The van der Waals surface area contributed by atoms with Gasteiger partial charge in [-0.05, 0) is 35.6 Å². The van der Waals surface area contributed by atoms with Gasteiger partial charge in [0.05, 0.1) is 11.3 Å². The van der Waals surface area contributed by atoms with E-state index >= 15 is 0 Å². The number of Topliss-reactive ketones (excluding diaryl/α,β-unsaturated/α-hetero) is 1. The number of benzene rings is 3. The summed E-state index contributed by atoms with van der Waals surface area (Å²) in [5.74, 6) is 0.489. The molecule has 0 saturated heterocycles. The molecule has 3 aromatic carbocycles. The molecule has 2 atom stereocenters. The summed E-state index contributed by atoms with van der Waals surface area (Å²) in [6, 6.07) is 29.6. The molecule has 0 spiro atoms. The van der Waals surface area contributed by atoms with Gasteiger partial charge in [-0.15, -0.1) is 0 Å². The average Bonchev–Trinajstić information content (AvgIpc) is 3.20. The normalized spacial score (nSPS) is 19.6. The Labute approximate surface area is 191 Å². The molecule has 5 heteroatoms. The van der Waals surface area contributed by atoms with Crippen LogP contribution in [0.3, 0.4) is 0 Å². The summed E-state index contributed by atoms with van der Waals surface area (Å²) in [5.41, 5.74) is 4.96. The molecule has 1 aliphatic heterocycles. The fourth-order valence-electron chi connectivity index (χ4n) is 5.19. The minimum atomic E-state index is -0.393. The maximum atomic E-state index is 13.6. The number of rotatable bonds is 3. The highest BCUT2D eigenvalue weighted by Crippen LogP contribution is 2.46. The number of H-pyrrole nitrogens is 1. The Morgan fingerprint density at radius 2 is 1.33 bits per heavy atom. The zero-order valence-corrected chi connectivity index (χ0v) is 18.0. The van der Waals surface area contributed by atoms with E-state index in [0.717, 1.165) is 34.5 Å². The Balaban J connectivity index is 1.51. The van der Waals surface area contributed by atoms with E-state index < -0.39 is 5.92 Å². The molecule has 1 aromatic heterocycles. The van der Waals surface area contributed by atoms with E-state index in [2.05, 4.69) is 22.5 Å². The summed E-state index contributed by atoms with van der Waals surface area (Å²) in [5, 5.41) is 6.71. The molecule has 0 bridgehead atoms. The highest BCUT2D eigenvalue weighted by molar-refractivity contribution is 6.01. The van der Waals surface area contributed by atoms with Crippen molar-refractivity contribution >= 4 is 11.6 Å². The van der Waals surface area contributed by atoms with Gasteiger partial charge in [-0.2, -0.15) is 0 Å². The van der Waals surface area contributed by atoms with E-state index in [1.54, 1.807) is 4.68 Å². The first kappa shape index (κ1) is 19.6. The average molecular weight is 434 g/mol. The van der Waals surface area contributed by atoms with Crippen molar-refractivity contribution in [1.29, 1.82) is 0 Å². The lowest BCUT2D eigenvalue weighted by atomic mass is 9.73. The summed E-state index contributed by atoms with van der Waals surface area (Å²) < 4.78 is 1.56. The van der Waals surface area contributed by atoms with Crippen molar-refractivity contribution in [3.63, 3.8) is 0 Å². The monoisotopic (exact) mass is 433 g/mol. The number of anilines is 1. The number of fused-ring (bicyclic) bond motifs is 1. The van der Waals surface area contributed by atoms with Gasteiger partial charge in [0, 0.05) is 23.6 Å². The molecule has 33 heavy (non-hydrogen) atoms. The van der Waals surface area contributed by atoms with Crippen LogP contribution in [-0.2, 0) is 4.79 Å². The Hall–Kier alpha value is -4.12. The van der Waals surface area contributed by atoms with E-state index in [-0.39, 0.29) is 17.3 Å². The minimum Gasteiger partial charge on any atom is -0.343 e. The van der Waals surface area contributed by atoms with Gasteiger partial charge >= 0.3 is 0 Å². The smallest absolute Gasteiger partial charge is 0.277 e. The molecule has 2 N–H and O–H groups in total. The summed E-state index contributed by atoms with van der Waals surface area (Å²) in [6.45, 7) is 0. The van der Waals surface area contributed by atoms with Crippen molar-refractivity contribution in [2.45, 2.75) is 24.7 Å². The van der Waals surface area contributed by atoms with Crippen LogP contribution in [0, 0.1) is 0 Å². The first-order chi connectivity index (χ1) is 16.2. The molecular formula is C28H23N3O2. The molecule has 0 saturated carbocycles. The van der Waals surface area contributed by atoms with Crippen LogP contribution in [0.4, 0.5) is 5.82 Å². The number of ketones is 1. The number of carbonyl (C=O) groups is 1. The molecule has 2 heterocycles. The van der Waals surface area contributed by atoms with Crippen LogP contribution >= 0.6 is 0 Å². The maximum Gasteiger partial charge on any atom is 0.277 e. The molecule has 0 amide bonds. The van der Waals surface area contributed by atoms with E-state index in [1.165, 1.54) is 0 Å². The Bertz CT molecular complexity index is 1420. The zero-order valence-electron chi connectivity index (χ0n) is 18.0. The SMILES string of the molecule is O=C1C[C@@H](c2ccccc2)CC2=C1[C@@H](c1ccccc1)c1c([nH]n(-c3ccccc3)c1=O)N2. The predicted molar refractivity (Wildman–Crippen MR) is 129 cm³/mol. The molecule has 1 aliphatic carbocycles. The lowest BCUT2D eigenvalue weighted by molar-refractivity contribution is -0.116. The molecule has 5 nitrogen and oxygen atoms in total. The van der Waals surface area contributed by atoms with Gasteiger partial charge < -0.3 is 5.32 Å². The van der Waals surface area contributed by atoms with Crippen LogP contribution in [0.2, 0.25) is 0 Å². The number of hydrogen-bond donors (Lipinski definition) is 2. The third-order valence-electron chi connectivity index (χ3n) is 6.71.